The minimum Gasteiger partial charge on any atom is -0.369 e. The molecule has 0 fully saturated rings. The first-order valence-electron chi connectivity index (χ1n) is 7.18. The predicted octanol–water partition coefficient (Wildman–Crippen LogP) is 4.49. The van der Waals surface area contributed by atoms with Gasteiger partial charge in [-0.1, -0.05) is 12.1 Å². The van der Waals surface area contributed by atoms with Crippen LogP contribution in [0.3, 0.4) is 0 Å². The molecule has 24 heavy (non-hydrogen) atoms. The van der Waals surface area contributed by atoms with Gasteiger partial charge in [-0.05, 0) is 43.6 Å². The fourth-order valence-electron chi connectivity index (χ4n) is 2.03. The van der Waals surface area contributed by atoms with E-state index in [1.54, 1.807) is 0 Å². The Labute approximate surface area is 181 Å². The molecule has 0 saturated heterocycles. The third-order valence-electron chi connectivity index (χ3n) is 3.15. The molecule has 0 aromatic heterocycles. The fourth-order valence-corrected chi connectivity index (χ4v) is 2.43. The maximum Gasteiger partial charge on any atom is 0.0399 e. The van der Waals surface area contributed by atoms with E-state index >= 15 is 0 Å². The summed E-state index contributed by atoms with van der Waals surface area (Å²) in [4.78, 5) is 2.21. The highest BCUT2D eigenvalue weighted by Gasteiger charge is 2.04. The SMILES string of the molecule is Cl.Cl.Cl.Cl.NCCCCNCc1ccc(N(CCCl)CCCl)cc1. The van der Waals surface area contributed by atoms with Gasteiger partial charge in [0.1, 0.15) is 0 Å². The van der Waals surface area contributed by atoms with Crippen molar-refractivity contribution in [1.82, 2.24) is 5.32 Å². The van der Waals surface area contributed by atoms with Crippen LogP contribution in [0.5, 0.6) is 0 Å². The van der Waals surface area contributed by atoms with E-state index in [1.165, 1.54) is 11.3 Å². The lowest BCUT2D eigenvalue weighted by Crippen LogP contribution is -2.27. The van der Waals surface area contributed by atoms with Gasteiger partial charge in [-0.25, -0.2) is 0 Å². The minimum absolute atomic E-state index is 0. The number of alkyl halides is 2. The number of nitrogens with two attached hydrogens (primary N) is 1. The van der Waals surface area contributed by atoms with E-state index in [9.17, 15) is 0 Å². The van der Waals surface area contributed by atoms with Crippen molar-refractivity contribution in [1.29, 1.82) is 0 Å². The fraction of sp³-hybridized carbons (Fsp3) is 0.600. The van der Waals surface area contributed by atoms with Gasteiger partial charge in [-0.2, -0.15) is 0 Å². The van der Waals surface area contributed by atoms with E-state index in [4.69, 9.17) is 28.9 Å². The number of anilines is 1. The average molecular weight is 464 g/mol. The zero-order valence-corrected chi connectivity index (χ0v) is 18.4. The van der Waals surface area contributed by atoms with Crippen LogP contribution >= 0.6 is 72.8 Å². The van der Waals surface area contributed by atoms with Crippen molar-refractivity contribution >= 4 is 78.5 Å². The number of benzene rings is 1. The molecule has 0 saturated carbocycles. The molecule has 146 valence electrons. The van der Waals surface area contributed by atoms with Gasteiger partial charge in [0.05, 0.1) is 0 Å². The summed E-state index contributed by atoms with van der Waals surface area (Å²) >= 11 is 11.6. The second-order valence-corrected chi connectivity index (χ2v) is 5.46. The zero-order chi connectivity index (χ0) is 14.6. The Bertz CT molecular complexity index is 348. The number of hydrogen-bond acceptors (Lipinski definition) is 3. The third-order valence-corrected chi connectivity index (χ3v) is 3.49. The lowest BCUT2D eigenvalue weighted by Gasteiger charge is -2.23. The van der Waals surface area contributed by atoms with Gasteiger partial charge < -0.3 is 16.0 Å². The van der Waals surface area contributed by atoms with Crippen molar-refractivity contribution in [2.75, 3.05) is 42.8 Å². The number of hydrogen-bond donors (Lipinski definition) is 2. The van der Waals surface area contributed by atoms with E-state index in [2.05, 4.69) is 34.5 Å². The van der Waals surface area contributed by atoms with Gasteiger partial charge in [0, 0.05) is 37.1 Å². The summed E-state index contributed by atoms with van der Waals surface area (Å²) in [5.41, 5.74) is 7.93. The monoisotopic (exact) mass is 461 g/mol. The maximum absolute atomic E-state index is 5.82. The molecule has 1 aromatic carbocycles. The van der Waals surface area contributed by atoms with Crippen LogP contribution in [-0.2, 0) is 6.54 Å². The van der Waals surface area contributed by atoms with Crippen LogP contribution in [0, 0.1) is 0 Å². The Balaban J connectivity index is -0.000000500. The first kappa shape index (κ1) is 32.4. The van der Waals surface area contributed by atoms with Gasteiger partial charge in [0.25, 0.3) is 0 Å². The van der Waals surface area contributed by atoms with Crippen LogP contribution in [0.2, 0.25) is 0 Å². The van der Waals surface area contributed by atoms with Crippen LogP contribution in [0.25, 0.3) is 0 Å². The number of nitrogens with one attached hydrogen (secondary N) is 1. The summed E-state index contributed by atoms with van der Waals surface area (Å²) in [6, 6.07) is 8.58. The van der Waals surface area contributed by atoms with E-state index < -0.39 is 0 Å². The molecule has 0 amide bonds. The van der Waals surface area contributed by atoms with E-state index in [-0.39, 0.29) is 49.6 Å². The Hall–Kier alpha value is 0.680. The number of nitrogens with zero attached hydrogens (tertiary/aromatic N) is 1. The van der Waals surface area contributed by atoms with Crippen LogP contribution in [0.1, 0.15) is 18.4 Å². The lowest BCUT2D eigenvalue weighted by molar-refractivity contribution is 0.627. The molecule has 0 aliphatic rings. The number of rotatable bonds is 11. The summed E-state index contributed by atoms with van der Waals surface area (Å²) in [6.45, 7) is 4.34. The van der Waals surface area contributed by atoms with Crippen molar-refractivity contribution in [3.63, 3.8) is 0 Å². The quantitative estimate of drug-likeness (QED) is 0.375. The second kappa shape index (κ2) is 21.7. The van der Waals surface area contributed by atoms with Gasteiger partial charge in [0.2, 0.25) is 0 Å². The molecule has 0 bridgehead atoms. The molecule has 1 rings (SSSR count). The van der Waals surface area contributed by atoms with E-state index in [0.717, 1.165) is 45.6 Å². The smallest absolute Gasteiger partial charge is 0.0399 e. The molecule has 3 N–H and O–H groups in total. The van der Waals surface area contributed by atoms with Crippen LogP contribution in [0.15, 0.2) is 24.3 Å². The Morgan fingerprint density at radius 3 is 1.88 bits per heavy atom. The molecule has 9 heteroatoms. The highest BCUT2D eigenvalue weighted by Crippen LogP contribution is 2.15. The molecule has 0 spiro atoms. The van der Waals surface area contributed by atoms with Gasteiger partial charge in [-0.3, -0.25) is 0 Å². The standard InChI is InChI=1S/C15H25Cl2N3.4ClH/c16-7-11-20(12-8-17)15-5-3-14(4-6-15)13-19-10-2-1-9-18;;;;/h3-6,19H,1-2,7-13,18H2;4*1H. The topological polar surface area (TPSA) is 41.3 Å². The van der Waals surface area contributed by atoms with Crippen LogP contribution in [-0.4, -0.2) is 37.9 Å². The van der Waals surface area contributed by atoms with Crippen molar-refractivity contribution in [3.8, 4) is 0 Å². The van der Waals surface area contributed by atoms with Crippen molar-refractivity contribution < 1.29 is 0 Å². The van der Waals surface area contributed by atoms with Crippen LogP contribution < -0.4 is 16.0 Å². The summed E-state index contributed by atoms with van der Waals surface area (Å²) in [5.74, 6) is 1.22. The Kier molecular flexibility index (Phi) is 29.3. The summed E-state index contributed by atoms with van der Waals surface area (Å²) in [5, 5.41) is 3.42. The number of unbranched alkanes of at least 4 members (excludes halogenated alkanes) is 1. The lowest BCUT2D eigenvalue weighted by atomic mass is 10.2. The first-order chi connectivity index (χ1) is 9.81. The molecular weight excluding hydrogens is 435 g/mol. The molecule has 0 heterocycles. The summed E-state index contributed by atoms with van der Waals surface area (Å²) < 4.78 is 0. The molecule has 0 atom stereocenters. The molecule has 0 aliphatic heterocycles. The summed E-state index contributed by atoms with van der Waals surface area (Å²) in [6.07, 6.45) is 2.21. The van der Waals surface area contributed by atoms with Crippen molar-refractivity contribution in [2.24, 2.45) is 5.73 Å². The molecule has 0 aliphatic carbocycles. The normalized spacial score (nSPS) is 8.96. The van der Waals surface area contributed by atoms with E-state index in [1.807, 2.05) is 0 Å². The highest BCUT2D eigenvalue weighted by molar-refractivity contribution is 6.18. The van der Waals surface area contributed by atoms with Gasteiger partial charge >= 0.3 is 0 Å². The molecular formula is C15H29Cl6N3. The molecule has 0 unspecified atom stereocenters. The van der Waals surface area contributed by atoms with E-state index in [0.29, 0.717) is 11.8 Å². The van der Waals surface area contributed by atoms with Gasteiger partial charge in [-0.15, -0.1) is 72.8 Å². The molecule has 1 aromatic rings. The zero-order valence-electron chi connectivity index (χ0n) is 13.6. The Morgan fingerprint density at radius 1 is 0.875 bits per heavy atom. The molecule has 3 nitrogen and oxygen atoms in total. The van der Waals surface area contributed by atoms with Crippen molar-refractivity contribution in [2.45, 2.75) is 19.4 Å². The highest BCUT2D eigenvalue weighted by atomic mass is 35.5. The molecule has 0 radical (unpaired) electrons. The van der Waals surface area contributed by atoms with Gasteiger partial charge in [0.15, 0.2) is 0 Å². The Morgan fingerprint density at radius 2 is 1.42 bits per heavy atom. The maximum atomic E-state index is 5.82. The number of halogens is 6. The van der Waals surface area contributed by atoms with Crippen molar-refractivity contribution in [3.05, 3.63) is 29.8 Å². The second-order valence-electron chi connectivity index (χ2n) is 4.70. The average Bonchev–Trinajstić information content (AvgIpc) is 2.47. The first-order valence-corrected chi connectivity index (χ1v) is 8.25. The third kappa shape index (κ3) is 13.9. The predicted molar refractivity (Wildman–Crippen MR) is 119 cm³/mol. The van der Waals surface area contributed by atoms with Crippen LogP contribution in [0.4, 0.5) is 5.69 Å². The summed E-state index contributed by atoms with van der Waals surface area (Å²) in [7, 11) is 0. The largest absolute Gasteiger partial charge is 0.369 e. The minimum atomic E-state index is 0.